The first-order valence-corrected chi connectivity index (χ1v) is 7.89. The molecule has 0 unspecified atom stereocenters. The summed E-state index contributed by atoms with van der Waals surface area (Å²) in [4.78, 5) is 16.0. The Balaban J connectivity index is 2.50. The van der Waals surface area contributed by atoms with E-state index >= 15 is 0 Å². The molecule has 1 aromatic carbocycles. The molecule has 0 bridgehead atoms. The lowest BCUT2D eigenvalue weighted by Crippen LogP contribution is -2.30. The standard InChI is InChI=1S/C11H15BrN2O4S/c1-2-18-14-11(15)6-7-13-19(16,17)10-5-3-4-9(12)8-10/h3-5,8,13H,2,6-7H2,1H3,(H,14,15). The molecule has 106 valence electrons. The summed E-state index contributed by atoms with van der Waals surface area (Å²) in [6.45, 7) is 2.10. The molecule has 0 saturated carbocycles. The highest BCUT2D eigenvalue weighted by atomic mass is 79.9. The van der Waals surface area contributed by atoms with E-state index in [1.54, 1.807) is 19.1 Å². The molecule has 0 spiro atoms. The third-order valence-electron chi connectivity index (χ3n) is 2.08. The molecule has 19 heavy (non-hydrogen) atoms. The van der Waals surface area contributed by atoms with Crippen LogP contribution in [-0.2, 0) is 19.7 Å². The fourth-order valence-electron chi connectivity index (χ4n) is 1.22. The highest BCUT2D eigenvalue weighted by molar-refractivity contribution is 9.10. The van der Waals surface area contributed by atoms with Gasteiger partial charge in [0, 0.05) is 17.4 Å². The van der Waals surface area contributed by atoms with Gasteiger partial charge in [-0.25, -0.2) is 18.6 Å². The van der Waals surface area contributed by atoms with Gasteiger partial charge < -0.3 is 0 Å². The zero-order valence-corrected chi connectivity index (χ0v) is 12.8. The zero-order valence-electron chi connectivity index (χ0n) is 10.3. The Morgan fingerprint density at radius 3 is 2.79 bits per heavy atom. The van der Waals surface area contributed by atoms with Crippen LogP contribution >= 0.6 is 15.9 Å². The highest BCUT2D eigenvalue weighted by Gasteiger charge is 2.14. The number of benzene rings is 1. The van der Waals surface area contributed by atoms with Crippen LogP contribution < -0.4 is 10.2 Å². The maximum atomic E-state index is 11.9. The number of sulfonamides is 1. The Hall–Kier alpha value is -0.960. The van der Waals surface area contributed by atoms with Crippen LogP contribution in [0.5, 0.6) is 0 Å². The van der Waals surface area contributed by atoms with Gasteiger partial charge in [-0.1, -0.05) is 22.0 Å². The first-order chi connectivity index (χ1) is 8.95. The Morgan fingerprint density at radius 2 is 2.16 bits per heavy atom. The van der Waals surface area contributed by atoms with E-state index in [1.165, 1.54) is 12.1 Å². The Morgan fingerprint density at radius 1 is 1.42 bits per heavy atom. The molecule has 0 saturated heterocycles. The number of carbonyl (C=O) groups excluding carboxylic acids is 1. The number of hydroxylamine groups is 1. The van der Waals surface area contributed by atoms with Gasteiger partial charge in [-0.05, 0) is 25.1 Å². The summed E-state index contributed by atoms with van der Waals surface area (Å²) in [5.41, 5.74) is 2.19. The molecule has 6 nitrogen and oxygen atoms in total. The normalized spacial score (nSPS) is 11.3. The molecule has 0 fully saturated rings. The van der Waals surface area contributed by atoms with Crippen LogP contribution in [-0.4, -0.2) is 27.5 Å². The molecule has 0 aliphatic heterocycles. The number of hydrogen-bond acceptors (Lipinski definition) is 4. The molecule has 0 aliphatic rings. The fraction of sp³-hybridized carbons (Fsp3) is 0.364. The second-order valence-corrected chi connectivity index (χ2v) is 6.25. The predicted octanol–water partition coefficient (Wildman–Crippen LogP) is 1.19. The first-order valence-electron chi connectivity index (χ1n) is 5.61. The summed E-state index contributed by atoms with van der Waals surface area (Å²) in [5, 5.41) is 0. The van der Waals surface area contributed by atoms with E-state index in [-0.39, 0.29) is 23.8 Å². The molecule has 1 aromatic rings. The van der Waals surface area contributed by atoms with E-state index in [9.17, 15) is 13.2 Å². The van der Waals surface area contributed by atoms with Crippen molar-refractivity contribution in [1.82, 2.24) is 10.2 Å². The van der Waals surface area contributed by atoms with Crippen LogP contribution in [0.1, 0.15) is 13.3 Å². The Kier molecular flexibility index (Phi) is 6.43. The van der Waals surface area contributed by atoms with Crippen LogP contribution in [0.15, 0.2) is 33.6 Å². The molecule has 8 heteroatoms. The van der Waals surface area contributed by atoms with Crippen LogP contribution in [0, 0.1) is 0 Å². The molecule has 0 aromatic heterocycles. The van der Waals surface area contributed by atoms with Gasteiger partial charge in [0.25, 0.3) is 0 Å². The third kappa shape index (κ3) is 5.68. The number of amides is 1. The summed E-state index contributed by atoms with van der Waals surface area (Å²) >= 11 is 3.20. The minimum absolute atomic E-state index is 0.00718. The van der Waals surface area contributed by atoms with Crippen molar-refractivity contribution in [2.24, 2.45) is 0 Å². The van der Waals surface area contributed by atoms with E-state index in [4.69, 9.17) is 4.84 Å². The van der Waals surface area contributed by atoms with Crippen molar-refractivity contribution in [3.8, 4) is 0 Å². The maximum absolute atomic E-state index is 11.9. The largest absolute Gasteiger partial charge is 0.274 e. The van der Waals surface area contributed by atoms with E-state index in [0.717, 1.165) is 0 Å². The van der Waals surface area contributed by atoms with E-state index in [1.807, 2.05) is 0 Å². The van der Waals surface area contributed by atoms with Crippen LogP contribution in [0.3, 0.4) is 0 Å². The molecule has 0 atom stereocenters. The van der Waals surface area contributed by atoms with Crippen molar-refractivity contribution in [3.05, 3.63) is 28.7 Å². The van der Waals surface area contributed by atoms with Crippen molar-refractivity contribution < 1.29 is 18.0 Å². The topological polar surface area (TPSA) is 84.5 Å². The summed E-state index contributed by atoms with van der Waals surface area (Å²) in [6.07, 6.45) is 0.00718. The highest BCUT2D eigenvalue weighted by Crippen LogP contribution is 2.15. The Bertz CT molecular complexity index is 533. The monoisotopic (exact) mass is 350 g/mol. The number of rotatable bonds is 7. The van der Waals surface area contributed by atoms with Crippen LogP contribution in [0.2, 0.25) is 0 Å². The minimum atomic E-state index is -3.60. The second-order valence-electron chi connectivity index (χ2n) is 3.56. The summed E-state index contributed by atoms with van der Waals surface area (Å²) in [5.74, 6) is -0.376. The zero-order chi connectivity index (χ0) is 14.3. The third-order valence-corrected chi connectivity index (χ3v) is 4.03. The number of halogens is 1. The Labute approximate surface area is 120 Å². The number of nitrogens with one attached hydrogen (secondary N) is 2. The van der Waals surface area contributed by atoms with Gasteiger partial charge in [-0.3, -0.25) is 9.63 Å². The van der Waals surface area contributed by atoms with Crippen molar-refractivity contribution >= 4 is 31.9 Å². The van der Waals surface area contributed by atoms with Crippen molar-refractivity contribution in [3.63, 3.8) is 0 Å². The molecule has 2 N–H and O–H groups in total. The lowest BCUT2D eigenvalue weighted by Gasteiger charge is -2.07. The summed E-state index contributed by atoms with van der Waals surface area (Å²) < 4.78 is 26.8. The van der Waals surface area contributed by atoms with Crippen molar-refractivity contribution in [2.45, 2.75) is 18.2 Å². The molecule has 1 amide bonds. The molecule has 0 heterocycles. The fourth-order valence-corrected chi connectivity index (χ4v) is 2.85. The first kappa shape index (κ1) is 16.1. The van der Waals surface area contributed by atoms with Gasteiger partial charge in [0.1, 0.15) is 0 Å². The van der Waals surface area contributed by atoms with Crippen molar-refractivity contribution in [2.75, 3.05) is 13.2 Å². The minimum Gasteiger partial charge on any atom is -0.274 e. The predicted molar refractivity (Wildman–Crippen MR) is 73.7 cm³/mol. The number of carbonyl (C=O) groups is 1. The SMILES string of the molecule is CCONC(=O)CCNS(=O)(=O)c1cccc(Br)c1. The van der Waals surface area contributed by atoms with Gasteiger partial charge in [-0.15, -0.1) is 0 Å². The van der Waals surface area contributed by atoms with Gasteiger partial charge in [0.2, 0.25) is 15.9 Å². The molecule has 1 rings (SSSR count). The molecule has 0 radical (unpaired) electrons. The summed E-state index contributed by atoms with van der Waals surface area (Å²) in [7, 11) is -3.60. The smallest absolute Gasteiger partial charge is 0.244 e. The average molecular weight is 351 g/mol. The number of hydrogen-bond donors (Lipinski definition) is 2. The molecular formula is C11H15BrN2O4S. The van der Waals surface area contributed by atoms with Crippen LogP contribution in [0.25, 0.3) is 0 Å². The molecule has 0 aliphatic carbocycles. The van der Waals surface area contributed by atoms with E-state index in [2.05, 4.69) is 26.1 Å². The average Bonchev–Trinajstić information content (AvgIpc) is 2.36. The van der Waals surface area contributed by atoms with Crippen molar-refractivity contribution in [1.29, 1.82) is 0 Å². The quantitative estimate of drug-likeness (QED) is 0.723. The lowest BCUT2D eigenvalue weighted by atomic mass is 10.4. The van der Waals surface area contributed by atoms with Gasteiger partial charge >= 0.3 is 0 Å². The van der Waals surface area contributed by atoms with Crippen LogP contribution in [0.4, 0.5) is 0 Å². The van der Waals surface area contributed by atoms with Gasteiger partial charge in [-0.2, -0.15) is 0 Å². The maximum Gasteiger partial charge on any atom is 0.244 e. The van der Waals surface area contributed by atoms with Gasteiger partial charge in [0.15, 0.2) is 0 Å². The second kappa shape index (κ2) is 7.59. The lowest BCUT2D eigenvalue weighted by molar-refractivity contribution is -0.132. The van der Waals surface area contributed by atoms with E-state index in [0.29, 0.717) is 11.1 Å². The molecular weight excluding hydrogens is 336 g/mol. The summed E-state index contributed by atoms with van der Waals surface area (Å²) in [6, 6.07) is 6.32. The van der Waals surface area contributed by atoms with E-state index < -0.39 is 10.0 Å². The van der Waals surface area contributed by atoms with Gasteiger partial charge in [0.05, 0.1) is 11.5 Å².